The van der Waals surface area contributed by atoms with Crippen molar-refractivity contribution >= 4 is 17.7 Å². The zero-order valence-electron chi connectivity index (χ0n) is 4.87. The molecule has 0 saturated carbocycles. The van der Waals surface area contributed by atoms with Gasteiger partial charge >= 0.3 is 5.97 Å². The fraction of sp³-hybridized carbons (Fsp3) is 0.800. The number of carbonyl (C=O) groups is 1. The van der Waals surface area contributed by atoms with E-state index in [0.29, 0.717) is 13.2 Å². The maximum absolute atomic E-state index is 10.3. The third-order valence-electron chi connectivity index (χ3n) is 1.09. The van der Waals surface area contributed by atoms with E-state index in [-0.39, 0.29) is 5.25 Å². The van der Waals surface area contributed by atoms with E-state index in [4.69, 9.17) is 9.84 Å². The first-order valence-corrected chi connectivity index (χ1v) is 3.78. The maximum Gasteiger partial charge on any atom is 0.319 e. The van der Waals surface area contributed by atoms with Crippen LogP contribution in [-0.2, 0) is 9.53 Å². The molecule has 1 aliphatic rings. The minimum Gasteiger partial charge on any atom is -0.480 e. The molecular weight excluding hydrogens is 140 g/mol. The summed E-state index contributed by atoms with van der Waals surface area (Å²) in [6, 6.07) is 0. The average Bonchev–Trinajstić information content (AvgIpc) is 1.90. The molecule has 1 heterocycles. The first-order valence-electron chi connectivity index (χ1n) is 2.73. The zero-order valence-corrected chi connectivity index (χ0v) is 5.69. The predicted molar refractivity (Wildman–Crippen MR) is 34.7 cm³/mol. The Morgan fingerprint density at radius 3 is 2.89 bits per heavy atom. The average molecular weight is 148 g/mol. The van der Waals surface area contributed by atoms with E-state index in [2.05, 4.69) is 0 Å². The predicted octanol–water partition coefficient (Wildman–Crippen LogP) is 0.203. The SMILES string of the molecule is O=C(O)C1COCCS1. The van der Waals surface area contributed by atoms with Crippen LogP contribution >= 0.6 is 11.8 Å². The van der Waals surface area contributed by atoms with Gasteiger partial charge in [0.25, 0.3) is 0 Å². The number of rotatable bonds is 1. The van der Waals surface area contributed by atoms with Crippen LogP contribution in [0.1, 0.15) is 0 Å². The van der Waals surface area contributed by atoms with Gasteiger partial charge < -0.3 is 9.84 Å². The van der Waals surface area contributed by atoms with Gasteiger partial charge in [0.2, 0.25) is 0 Å². The van der Waals surface area contributed by atoms with Crippen LogP contribution in [0.3, 0.4) is 0 Å². The molecule has 1 unspecified atom stereocenters. The molecule has 52 valence electrons. The Kier molecular flexibility index (Phi) is 2.36. The van der Waals surface area contributed by atoms with Gasteiger partial charge in [0.1, 0.15) is 5.25 Å². The molecule has 0 bridgehead atoms. The first kappa shape index (κ1) is 6.89. The van der Waals surface area contributed by atoms with Crippen LogP contribution in [0.5, 0.6) is 0 Å². The minimum atomic E-state index is -0.764. The van der Waals surface area contributed by atoms with Crippen LogP contribution < -0.4 is 0 Å². The Balaban J connectivity index is 2.31. The monoisotopic (exact) mass is 148 g/mol. The van der Waals surface area contributed by atoms with Crippen LogP contribution in [-0.4, -0.2) is 35.3 Å². The van der Waals surface area contributed by atoms with E-state index in [1.54, 1.807) is 0 Å². The van der Waals surface area contributed by atoms with Crippen molar-refractivity contribution in [2.75, 3.05) is 19.0 Å². The molecule has 1 atom stereocenters. The summed E-state index contributed by atoms with van der Waals surface area (Å²) in [4.78, 5) is 10.3. The smallest absolute Gasteiger partial charge is 0.319 e. The van der Waals surface area contributed by atoms with Crippen LogP contribution in [0.15, 0.2) is 0 Å². The number of carboxylic acids is 1. The van der Waals surface area contributed by atoms with Crippen molar-refractivity contribution in [3.8, 4) is 0 Å². The van der Waals surface area contributed by atoms with E-state index in [1.165, 1.54) is 11.8 Å². The van der Waals surface area contributed by atoms with E-state index >= 15 is 0 Å². The number of hydrogen-bond acceptors (Lipinski definition) is 3. The molecule has 0 aliphatic carbocycles. The molecule has 0 spiro atoms. The fourth-order valence-corrected chi connectivity index (χ4v) is 1.46. The Morgan fingerprint density at radius 1 is 1.78 bits per heavy atom. The Morgan fingerprint density at radius 2 is 2.56 bits per heavy atom. The number of ether oxygens (including phenoxy) is 1. The highest BCUT2D eigenvalue weighted by Gasteiger charge is 2.20. The number of hydrogen-bond donors (Lipinski definition) is 1. The van der Waals surface area contributed by atoms with Crippen molar-refractivity contribution in [1.29, 1.82) is 0 Å². The second-order valence-electron chi connectivity index (χ2n) is 1.77. The second kappa shape index (κ2) is 3.08. The maximum atomic E-state index is 10.3. The van der Waals surface area contributed by atoms with Crippen LogP contribution in [0.2, 0.25) is 0 Å². The van der Waals surface area contributed by atoms with Gasteiger partial charge in [-0.05, 0) is 0 Å². The molecule has 9 heavy (non-hydrogen) atoms. The molecule has 0 aromatic heterocycles. The van der Waals surface area contributed by atoms with Crippen LogP contribution in [0.4, 0.5) is 0 Å². The second-order valence-corrected chi connectivity index (χ2v) is 3.08. The van der Waals surface area contributed by atoms with Gasteiger partial charge in [-0.25, -0.2) is 0 Å². The molecule has 1 rings (SSSR count). The standard InChI is InChI=1S/C5H8O3S/c6-5(7)4-3-8-1-2-9-4/h4H,1-3H2,(H,6,7). The highest BCUT2D eigenvalue weighted by Crippen LogP contribution is 2.15. The van der Waals surface area contributed by atoms with E-state index < -0.39 is 5.97 Å². The van der Waals surface area contributed by atoms with Gasteiger partial charge in [-0.1, -0.05) is 0 Å². The van der Waals surface area contributed by atoms with Crippen molar-refractivity contribution in [2.24, 2.45) is 0 Å². The molecule has 4 heteroatoms. The first-order chi connectivity index (χ1) is 4.30. The van der Waals surface area contributed by atoms with Gasteiger partial charge in [0.05, 0.1) is 13.2 Å². The topological polar surface area (TPSA) is 46.5 Å². The lowest BCUT2D eigenvalue weighted by atomic mass is 10.4. The van der Waals surface area contributed by atoms with Gasteiger partial charge in [0.15, 0.2) is 0 Å². The zero-order chi connectivity index (χ0) is 6.69. The third kappa shape index (κ3) is 1.87. The molecule has 0 aromatic rings. The summed E-state index contributed by atoms with van der Waals surface area (Å²) in [5, 5.41) is 8.10. The lowest BCUT2D eigenvalue weighted by molar-refractivity contribution is -0.137. The van der Waals surface area contributed by atoms with E-state index in [9.17, 15) is 4.79 Å². The normalized spacial score (nSPS) is 27.8. The van der Waals surface area contributed by atoms with Gasteiger partial charge in [0, 0.05) is 5.75 Å². The van der Waals surface area contributed by atoms with E-state index in [1.807, 2.05) is 0 Å². The lowest BCUT2D eigenvalue weighted by Gasteiger charge is -2.17. The summed E-state index contributed by atoms with van der Waals surface area (Å²) in [6.45, 7) is 1.05. The quantitative estimate of drug-likeness (QED) is 0.577. The molecule has 3 nitrogen and oxygen atoms in total. The van der Waals surface area contributed by atoms with Crippen molar-refractivity contribution in [3.05, 3.63) is 0 Å². The molecule has 0 aromatic carbocycles. The molecular formula is C5H8O3S. The molecule has 0 radical (unpaired) electrons. The number of thioether (sulfide) groups is 1. The highest BCUT2D eigenvalue weighted by atomic mass is 32.2. The van der Waals surface area contributed by atoms with Crippen molar-refractivity contribution in [1.82, 2.24) is 0 Å². The molecule has 1 N–H and O–H groups in total. The van der Waals surface area contributed by atoms with Gasteiger partial charge in [-0.3, -0.25) is 4.79 Å². The molecule has 1 aliphatic heterocycles. The minimum absolute atomic E-state index is 0.334. The van der Waals surface area contributed by atoms with Gasteiger partial charge in [-0.2, -0.15) is 0 Å². The number of aliphatic carboxylic acids is 1. The molecule has 1 saturated heterocycles. The fourth-order valence-electron chi connectivity index (χ4n) is 0.630. The summed E-state index contributed by atoms with van der Waals surface area (Å²) in [5.41, 5.74) is 0. The largest absolute Gasteiger partial charge is 0.480 e. The summed E-state index contributed by atoms with van der Waals surface area (Å²) in [5.74, 6) is 0.0384. The van der Waals surface area contributed by atoms with E-state index in [0.717, 1.165) is 5.75 Å². The Labute approximate surface area is 57.4 Å². The van der Waals surface area contributed by atoms with Crippen molar-refractivity contribution in [2.45, 2.75) is 5.25 Å². The summed E-state index contributed by atoms with van der Waals surface area (Å²) in [6.07, 6.45) is 0. The van der Waals surface area contributed by atoms with Gasteiger partial charge in [-0.15, -0.1) is 11.8 Å². The lowest BCUT2D eigenvalue weighted by Crippen LogP contribution is -2.27. The van der Waals surface area contributed by atoms with Crippen LogP contribution in [0.25, 0.3) is 0 Å². The number of carboxylic acid groups (broad SMARTS) is 1. The van der Waals surface area contributed by atoms with Crippen molar-refractivity contribution < 1.29 is 14.6 Å². The van der Waals surface area contributed by atoms with Crippen LogP contribution in [0, 0.1) is 0 Å². The summed E-state index contributed by atoms with van der Waals surface area (Å²) in [7, 11) is 0. The Hall–Kier alpha value is -0.220. The summed E-state index contributed by atoms with van der Waals surface area (Å²) >= 11 is 1.45. The molecule has 0 amide bonds. The highest BCUT2D eigenvalue weighted by molar-refractivity contribution is 8.00. The Bertz CT molecular complexity index is 109. The third-order valence-corrected chi connectivity index (χ3v) is 2.23. The van der Waals surface area contributed by atoms with Crippen molar-refractivity contribution in [3.63, 3.8) is 0 Å². The molecule has 1 fully saturated rings. The summed E-state index contributed by atoms with van der Waals surface area (Å²) < 4.78 is 4.94.